The number of rotatable bonds is 6. The summed E-state index contributed by atoms with van der Waals surface area (Å²) in [5.74, 6) is -0.271. The summed E-state index contributed by atoms with van der Waals surface area (Å²) in [5, 5.41) is 10.2. The molecule has 0 spiro atoms. The zero-order valence-electron chi connectivity index (χ0n) is 12.6. The van der Waals surface area contributed by atoms with E-state index in [-0.39, 0.29) is 5.69 Å². The Morgan fingerprint density at radius 2 is 1.96 bits per heavy atom. The molecule has 0 aliphatic rings. The van der Waals surface area contributed by atoms with Gasteiger partial charge in [0.25, 0.3) is 0 Å². The Bertz CT molecular complexity index is 825. The monoisotopic (exact) mass is 310 g/mol. The number of hydrogen-bond acceptors (Lipinski definition) is 3. The molecule has 3 aromatic rings. The van der Waals surface area contributed by atoms with Crippen molar-refractivity contribution in [3.63, 3.8) is 0 Å². The molecule has 5 nitrogen and oxygen atoms in total. The smallest absolute Gasteiger partial charge is 0.352 e. The normalized spacial score (nSPS) is 10.8. The molecule has 0 bridgehead atoms. The van der Waals surface area contributed by atoms with E-state index >= 15 is 0 Å². The van der Waals surface area contributed by atoms with Gasteiger partial charge in [-0.15, -0.1) is 0 Å². The number of aromatic nitrogens is 1. The number of hydrogen-bond donors (Lipinski definition) is 3. The van der Waals surface area contributed by atoms with Crippen molar-refractivity contribution in [2.24, 2.45) is 5.73 Å². The summed E-state index contributed by atoms with van der Waals surface area (Å²) in [6, 6.07) is 15.4. The first-order valence-corrected chi connectivity index (χ1v) is 7.43. The summed E-state index contributed by atoms with van der Waals surface area (Å²) in [6.07, 6.45) is 0.504. The molecule has 0 amide bonds. The molecule has 4 N–H and O–H groups in total. The SMILES string of the molecule is NCCc1c(C(=O)O)[nH]c2ccc(OCc3ccccc3)cc12. The van der Waals surface area contributed by atoms with E-state index in [1.54, 1.807) is 0 Å². The van der Waals surface area contributed by atoms with Gasteiger partial charge in [0, 0.05) is 10.9 Å². The summed E-state index contributed by atoms with van der Waals surface area (Å²) in [4.78, 5) is 14.3. The zero-order chi connectivity index (χ0) is 16.2. The number of carboxylic acids is 1. The Balaban J connectivity index is 1.91. The lowest BCUT2D eigenvalue weighted by molar-refractivity contribution is 0.0690. The van der Waals surface area contributed by atoms with Gasteiger partial charge in [-0.05, 0) is 42.3 Å². The van der Waals surface area contributed by atoms with Crippen molar-refractivity contribution in [1.29, 1.82) is 0 Å². The van der Waals surface area contributed by atoms with Crippen LogP contribution in [-0.4, -0.2) is 22.6 Å². The summed E-state index contributed by atoms with van der Waals surface area (Å²) < 4.78 is 5.81. The average molecular weight is 310 g/mol. The molecule has 23 heavy (non-hydrogen) atoms. The Kier molecular flexibility index (Phi) is 4.30. The van der Waals surface area contributed by atoms with Gasteiger partial charge in [-0.2, -0.15) is 0 Å². The first-order chi connectivity index (χ1) is 11.2. The van der Waals surface area contributed by atoms with Gasteiger partial charge < -0.3 is 20.6 Å². The lowest BCUT2D eigenvalue weighted by Gasteiger charge is -2.07. The van der Waals surface area contributed by atoms with Gasteiger partial charge in [0.1, 0.15) is 18.1 Å². The highest BCUT2D eigenvalue weighted by Crippen LogP contribution is 2.27. The van der Waals surface area contributed by atoms with E-state index < -0.39 is 5.97 Å². The quantitative estimate of drug-likeness (QED) is 0.653. The number of aromatic amines is 1. The third-order valence-electron chi connectivity index (χ3n) is 3.73. The van der Waals surface area contributed by atoms with Crippen molar-refractivity contribution >= 4 is 16.9 Å². The second-order valence-electron chi connectivity index (χ2n) is 5.30. The molecular formula is C18H18N2O3. The fourth-order valence-electron chi connectivity index (χ4n) is 2.64. The van der Waals surface area contributed by atoms with Gasteiger partial charge >= 0.3 is 5.97 Å². The maximum absolute atomic E-state index is 11.4. The number of carbonyl (C=O) groups is 1. The molecule has 0 saturated heterocycles. The summed E-state index contributed by atoms with van der Waals surface area (Å²) in [7, 11) is 0. The molecule has 0 unspecified atom stereocenters. The van der Waals surface area contributed by atoms with Gasteiger partial charge in [0.2, 0.25) is 0 Å². The third kappa shape index (κ3) is 3.19. The van der Waals surface area contributed by atoms with Crippen LogP contribution in [0.3, 0.4) is 0 Å². The summed E-state index contributed by atoms with van der Waals surface area (Å²) in [6.45, 7) is 0.858. The molecule has 0 atom stereocenters. The van der Waals surface area contributed by atoms with Crippen molar-refractivity contribution < 1.29 is 14.6 Å². The highest BCUT2D eigenvalue weighted by atomic mass is 16.5. The van der Waals surface area contributed by atoms with Gasteiger partial charge in [-0.25, -0.2) is 4.79 Å². The van der Waals surface area contributed by atoms with E-state index in [9.17, 15) is 9.90 Å². The molecule has 1 aromatic heterocycles. The van der Waals surface area contributed by atoms with Crippen LogP contribution in [0.5, 0.6) is 5.75 Å². The van der Waals surface area contributed by atoms with Gasteiger partial charge in [0.15, 0.2) is 0 Å². The van der Waals surface area contributed by atoms with Crippen molar-refractivity contribution in [1.82, 2.24) is 4.98 Å². The summed E-state index contributed by atoms with van der Waals surface area (Å²) in [5.41, 5.74) is 8.39. The molecule has 1 heterocycles. The van der Waals surface area contributed by atoms with Gasteiger partial charge in [-0.3, -0.25) is 0 Å². The fourth-order valence-corrected chi connectivity index (χ4v) is 2.64. The van der Waals surface area contributed by atoms with E-state index in [1.807, 2.05) is 48.5 Å². The number of nitrogens with one attached hydrogen (secondary N) is 1. The second-order valence-corrected chi connectivity index (χ2v) is 5.30. The van der Waals surface area contributed by atoms with Crippen molar-refractivity contribution in [3.05, 3.63) is 65.4 Å². The number of carboxylic acid groups (broad SMARTS) is 1. The lowest BCUT2D eigenvalue weighted by Crippen LogP contribution is -2.07. The van der Waals surface area contributed by atoms with Gasteiger partial charge in [0.05, 0.1) is 0 Å². The van der Waals surface area contributed by atoms with Crippen LogP contribution in [0.4, 0.5) is 0 Å². The maximum Gasteiger partial charge on any atom is 0.352 e. The van der Waals surface area contributed by atoms with Gasteiger partial charge in [-0.1, -0.05) is 30.3 Å². The Hall–Kier alpha value is -2.79. The van der Waals surface area contributed by atoms with Crippen LogP contribution in [0.15, 0.2) is 48.5 Å². The number of H-pyrrole nitrogens is 1. The van der Waals surface area contributed by atoms with Crippen LogP contribution >= 0.6 is 0 Å². The fraction of sp³-hybridized carbons (Fsp3) is 0.167. The van der Waals surface area contributed by atoms with Crippen LogP contribution in [-0.2, 0) is 13.0 Å². The van der Waals surface area contributed by atoms with Crippen molar-refractivity contribution in [2.45, 2.75) is 13.0 Å². The number of aromatic carboxylic acids is 1. The van der Waals surface area contributed by atoms with E-state index in [0.29, 0.717) is 25.3 Å². The first-order valence-electron chi connectivity index (χ1n) is 7.43. The molecular weight excluding hydrogens is 292 g/mol. The van der Waals surface area contributed by atoms with Crippen molar-refractivity contribution in [2.75, 3.05) is 6.54 Å². The average Bonchev–Trinajstić information content (AvgIpc) is 2.93. The minimum absolute atomic E-state index is 0.200. The molecule has 0 radical (unpaired) electrons. The number of fused-ring (bicyclic) bond motifs is 1. The Morgan fingerprint density at radius 3 is 2.65 bits per heavy atom. The number of benzene rings is 2. The van der Waals surface area contributed by atoms with Crippen LogP contribution in [0.2, 0.25) is 0 Å². The Morgan fingerprint density at radius 1 is 1.17 bits per heavy atom. The highest BCUT2D eigenvalue weighted by molar-refractivity contribution is 5.97. The van der Waals surface area contributed by atoms with E-state index in [2.05, 4.69) is 4.98 Å². The minimum Gasteiger partial charge on any atom is -0.489 e. The topological polar surface area (TPSA) is 88.3 Å². The van der Waals surface area contributed by atoms with Crippen LogP contribution in [0, 0.1) is 0 Å². The molecule has 118 valence electrons. The van der Waals surface area contributed by atoms with E-state index in [4.69, 9.17) is 10.5 Å². The van der Waals surface area contributed by atoms with E-state index in [0.717, 1.165) is 22.0 Å². The predicted molar refractivity (Wildman–Crippen MR) is 88.8 cm³/mol. The summed E-state index contributed by atoms with van der Waals surface area (Å²) >= 11 is 0. The molecule has 5 heteroatoms. The van der Waals surface area contributed by atoms with Crippen LogP contribution in [0.1, 0.15) is 21.6 Å². The second kappa shape index (κ2) is 6.54. The van der Waals surface area contributed by atoms with Crippen LogP contribution < -0.4 is 10.5 Å². The highest BCUT2D eigenvalue weighted by Gasteiger charge is 2.16. The number of nitrogens with two attached hydrogens (primary N) is 1. The molecule has 0 aliphatic carbocycles. The van der Waals surface area contributed by atoms with Crippen LogP contribution in [0.25, 0.3) is 10.9 Å². The largest absolute Gasteiger partial charge is 0.489 e. The third-order valence-corrected chi connectivity index (χ3v) is 3.73. The first kappa shape index (κ1) is 15.1. The predicted octanol–water partition coefficient (Wildman–Crippen LogP) is 2.95. The molecule has 0 saturated carbocycles. The molecule has 2 aromatic carbocycles. The standard InChI is InChI=1S/C18H18N2O3/c19-9-8-14-15-10-13(23-11-12-4-2-1-3-5-12)6-7-16(15)20-17(14)18(21)22/h1-7,10,20H,8-9,11,19H2,(H,21,22). The Labute approximate surface area is 133 Å². The minimum atomic E-state index is -0.976. The lowest BCUT2D eigenvalue weighted by atomic mass is 10.1. The zero-order valence-corrected chi connectivity index (χ0v) is 12.6. The van der Waals surface area contributed by atoms with Crippen molar-refractivity contribution in [3.8, 4) is 5.75 Å². The maximum atomic E-state index is 11.4. The molecule has 3 rings (SSSR count). The molecule has 0 fully saturated rings. The molecule has 0 aliphatic heterocycles. The number of ether oxygens (including phenoxy) is 1. The van der Waals surface area contributed by atoms with E-state index in [1.165, 1.54) is 0 Å².